The van der Waals surface area contributed by atoms with Crippen molar-refractivity contribution in [3.63, 3.8) is 0 Å². The molecule has 1 amide bonds. The maximum Gasteiger partial charge on any atom is 0.362 e. The number of hydrazone groups is 1. The first-order chi connectivity index (χ1) is 5.57. The van der Waals surface area contributed by atoms with Crippen LogP contribution >= 0.6 is 0 Å². The van der Waals surface area contributed by atoms with Gasteiger partial charge in [-0.15, -0.1) is 0 Å². The van der Waals surface area contributed by atoms with Crippen LogP contribution in [0.5, 0.6) is 0 Å². The van der Waals surface area contributed by atoms with E-state index >= 15 is 0 Å². The van der Waals surface area contributed by atoms with E-state index in [1.54, 1.807) is 0 Å². The summed E-state index contributed by atoms with van der Waals surface area (Å²) in [7, 11) is 2.40. The standard InChI is InChI=1S/C6H6N2O4/c1-8-5(10)4(9)3(7-8)6(11)12-2/h1-2H3. The van der Waals surface area contributed by atoms with E-state index in [9.17, 15) is 14.4 Å². The first-order valence-electron chi connectivity index (χ1n) is 3.07. The minimum Gasteiger partial charge on any atom is -0.464 e. The first kappa shape index (κ1) is 8.38. The van der Waals surface area contributed by atoms with Crippen molar-refractivity contribution in [3.05, 3.63) is 0 Å². The molecule has 0 fully saturated rings. The van der Waals surface area contributed by atoms with Crippen molar-refractivity contribution in [1.82, 2.24) is 5.01 Å². The zero-order valence-corrected chi connectivity index (χ0v) is 6.53. The molecule has 0 N–H and O–H groups in total. The number of nitrogens with zero attached hydrogens (tertiary/aromatic N) is 2. The third-order valence-electron chi connectivity index (χ3n) is 1.33. The summed E-state index contributed by atoms with van der Waals surface area (Å²) in [5.74, 6) is -2.64. The van der Waals surface area contributed by atoms with Crippen LogP contribution in [-0.4, -0.2) is 42.5 Å². The lowest BCUT2D eigenvalue weighted by Crippen LogP contribution is -2.28. The molecular weight excluding hydrogens is 164 g/mol. The summed E-state index contributed by atoms with van der Waals surface area (Å²) in [6.07, 6.45) is 0. The molecule has 0 bridgehead atoms. The monoisotopic (exact) mass is 170 g/mol. The Morgan fingerprint density at radius 1 is 1.50 bits per heavy atom. The highest BCUT2D eigenvalue weighted by atomic mass is 16.5. The van der Waals surface area contributed by atoms with Crippen LogP contribution in [0.2, 0.25) is 0 Å². The van der Waals surface area contributed by atoms with Crippen molar-refractivity contribution in [3.8, 4) is 0 Å². The molecule has 1 rings (SSSR count). The van der Waals surface area contributed by atoms with E-state index < -0.39 is 23.4 Å². The van der Waals surface area contributed by atoms with Crippen molar-refractivity contribution < 1.29 is 19.1 Å². The Labute approximate surface area is 67.8 Å². The van der Waals surface area contributed by atoms with Gasteiger partial charge < -0.3 is 4.74 Å². The van der Waals surface area contributed by atoms with Gasteiger partial charge in [0.15, 0.2) is 0 Å². The molecule has 64 valence electrons. The van der Waals surface area contributed by atoms with Crippen LogP contribution < -0.4 is 0 Å². The molecule has 0 unspecified atom stereocenters. The van der Waals surface area contributed by atoms with Gasteiger partial charge in [-0.3, -0.25) is 9.59 Å². The summed E-state index contributed by atoms with van der Waals surface area (Å²) in [5, 5.41) is 4.20. The van der Waals surface area contributed by atoms with E-state index in [-0.39, 0.29) is 0 Å². The van der Waals surface area contributed by atoms with Gasteiger partial charge in [0, 0.05) is 7.05 Å². The second-order valence-corrected chi connectivity index (χ2v) is 2.10. The van der Waals surface area contributed by atoms with Crippen molar-refractivity contribution >= 4 is 23.4 Å². The lowest BCUT2D eigenvalue weighted by molar-refractivity contribution is -0.139. The quantitative estimate of drug-likeness (QED) is 0.356. The molecule has 0 aromatic heterocycles. The molecule has 0 aliphatic carbocycles. The van der Waals surface area contributed by atoms with E-state index in [2.05, 4.69) is 9.84 Å². The predicted octanol–water partition coefficient (Wildman–Crippen LogP) is -1.44. The molecule has 1 heterocycles. The number of hydrogen-bond acceptors (Lipinski definition) is 5. The van der Waals surface area contributed by atoms with Gasteiger partial charge in [0.05, 0.1) is 7.11 Å². The number of carbonyl (C=O) groups is 3. The summed E-state index contributed by atoms with van der Waals surface area (Å²) >= 11 is 0. The maximum atomic E-state index is 10.9. The molecular formula is C6H6N2O4. The number of carbonyl (C=O) groups excluding carboxylic acids is 3. The normalized spacial score (nSPS) is 16.5. The fourth-order valence-corrected chi connectivity index (χ4v) is 0.719. The second kappa shape index (κ2) is 2.72. The number of ether oxygens (including phenoxy) is 1. The fourth-order valence-electron chi connectivity index (χ4n) is 0.719. The van der Waals surface area contributed by atoms with Gasteiger partial charge in [-0.2, -0.15) is 5.10 Å². The molecule has 0 saturated heterocycles. The van der Waals surface area contributed by atoms with Gasteiger partial charge in [-0.25, -0.2) is 9.80 Å². The second-order valence-electron chi connectivity index (χ2n) is 2.10. The molecule has 0 saturated carbocycles. The van der Waals surface area contributed by atoms with Crippen molar-refractivity contribution in [2.24, 2.45) is 5.10 Å². The van der Waals surface area contributed by atoms with E-state index in [4.69, 9.17) is 0 Å². The van der Waals surface area contributed by atoms with Gasteiger partial charge in [0.2, 0.25) is 5.71 Å². The molecule has 12 heavy (non-hydrogen) atoms. The number of esters is 1. The predicted molar refractivity (Wildman–Crippen MR) is 37.2 cm³/mol. The van der Waals surface area contributed by atoms with Crippen molar-refractivity contribution in [2.45, 2.75) is 0 Å². The highest BCUT2D eigenvalue weighted by Gasteiger charge is 2.36. The van der Waals surface area contributed by atoms with Gasteiger partial charge in [0.1, 0.15) is 0 Å². The molecule has 0 spiro atoms. The van der Waals surface area contributed by atoms with Crippen molar-refractivity contribution in [2.75, 3.05) is 14.2 Å². The third-order valence-corrected chi connectivity index (χ3v) is 1.33. The largest absolute Gasteiger partial charge is 0.464 e. The Morgan fingerprint density at radius 2 is 2.08 bits per heavy atom. The minimum atomic E-state index is -0.927. The number of likely N-dealkylation sites (N-methyl/N-ethyl adjacent to an activating group) is 1. The van der Waals surface area contributed by atoms with Crippen LogP contribution in [0.25, 0.3) is 0 Å². The van der Waals surface area contributed by atoms with Crippen LogP contribution in [-0.2, 0) is 19.1 Å². The molecule has 6 heteroatoms. The fraction of sp³-hybridized carbons (Fsp3) is 0.333. The molecule has 0 aromatic carbocycles. The Bertz CT molecular complexity index is 294. The number of ketones is 1. The molecule has 0 radical (unpaired) electrons. The zero-order chi connectivity index (χ0) is 9.30. The average molecular weight is 170 g/mol. The number of hydrogen-bond donors (Lipinski definition) is 0. The van der Waals surface area contributed by atoms with Gasteiger partial charge in [-0.05, 0) is 0 Å². The summed E-state index contributed by atoms with van der Waals surface area (Å²) in [6, 6.07) is 0. The van der Waals surface area contributed by atoms with Crippen LogP contribution in [0, 0.1) is 0 Å². The minimum absolute atomic E-state index is 0.468. The molecule has 6 nitrogen and oxygen atoms in total. The van der Waals surface area contributed by atoms with Crippen LogP contribution in [0.15, 0.2) is 5.10 Å². The Morgan fingerprint density at radius 3 is 2.42 bits per heavy atom. The SMILES string of the molecule is COC(=O)C1=NN(C)C(=O)C1=O. The molecule has 0 atom stereocenters. The summed E-state index contributed by atoms with van der Waals surface area (Å²) in [6.45, 7) is 0. The van der Waals surface area contributed by atoms with Crippen LogP contribution in [0.3, 0.4) is 0 Å². The summed E-state index contributed by atoms with van der Waals surface area (Å²) < 4.78 is 4.23. The van der Waals surface area contributed by atoms with Crippen LogP contribution in [0.4, 0.5) is 0 Å². The first-order valence-corrected chi connectivity index (χ1v) is 3.07. The molecule has 1 aliphatic rings. The maximum absolute atomic E-state index is 10.9. The van der Waals surface area contributed by atoms with E-state index in [0.717, 1.165) is 12.1 Å². The molecule has 1 aliphatic heterocycles. The highest BCUT2D eigenvalue weighted by molar-refractivity contribution is 6.79. The lowest BCUT2D eigenvalue weighted by atomic mass is 10.2. The number of amides is 1. The van der Waals surface area contributed by atoms with Gasteiger partial charge >= 0.3 is 11.9 Å². The van der Waals surface area contributed by atoms with Crippen molar-refractivity contribution in [1.29, 1.82) is 0 Å². The number of rotatable bonds is 1. The number of methoxy groups -OCH3 is 1. The number of Topliss-reactive ketones (excluding diaryl/α,β-unsaturated/α-hetero) is 1. The van der Waals surface area contributed by atoms with Crippen LogP contribution in [0.1, 0.15) is 0 Å². The molecule has 0 aromatic rings. The smallest absolute Gasteiger partial charge is 0.362 e. The lowest BCUT2D eigenvalue weighted by Gasteiger charge is -1.97. The Balaban J connectivity index is 2.94. The van der Waals surface area contributed by atoms with E-state index in [1.807, 2.05) is 0 Å². The third kappa shape index (κ3) is 1.07. The zero-order valence-electron chi connectivity index (χ0n) is 6.53. The summed E-state index contributed by atoms with van der Waals surface area (Å²) in [4.78, 5) is 32.4. The van der Waals surface area contributed by atoms with E-state index in [0.29, 0.717) is 0 Å². The van der Waals surface area contributed by atoms with Gasteiger partial charge in [0.25, 0.3) is 5.78 Å². The average Bonchev–Trinajstić information content (AvgIpc) is 2.32. The van der Waals surface area contributed by atoms with Gasteiger partial charge in [-0.1, -0.05) is 0 Å². The topological polar surface area (TPSA) is 76.0 Å². The summed E-state index contributed by atoms with van der Waals surface area (Å²) in [5.41, 5.74) is -0.468. The Hall–Kier alpha value is -1.72. The van der Waals surface area contributed by atoms with E-state index in [1.165, 1.54) is 7.05 Å². The highest BCUT2D eigenvalue weighted by Crippen LogP contribution is 2.02. The Kier molecular flexibility index (Phi) is 1.90.